The van der Waals surface area contributed by atoms with Crippen LogP contribution in [-0.4, -0.2) is 47.6 Å². The fraction of sp³-hybridized carbons (Fsp3) is 0.667. The highest BCUT2D eigenvalue weighted by molar-refractivity contribution is 5.42. The van der Waals surface area contributed by atoms with Crippen molar-refractivity contribution < 1.29 is 0 Å². The first-order valence-electron chi connectivity index (χ1n) is 5.89. The van der Waals surface area contributed by atoms with Gasteiger partial charge < -0.3 is 9.80 Å². The Morgan fingerprint density at radius 1 is 1.38 bits per heavy atom. The minimum absolute atomic E-state index is 0.315. The lowest BCUT2D eigenvalue weighted by Gasteiger charge is -2.43. The number of hydrogen-bond acceptors (Lipinski definition) is 4. The molecule has 2 bridgehead atoms. The smallest absolute Gasteiger partial charge is 0.225 e. The highest BCUT2D eigenvalue weighted by Crippen LogP contribution is 2.51. The summed E-state index contributed by atoms with van der Waals surface area (Å²) in [6, 6.07) is 1.88. The van der Waals surface area contributed by atoms with E-state index in [9.17, 15) is 0 Å². The number of nitrogens with zero attached hydrogens (tertiary/aromatic N) is 4. The summed E-state index contributed by atoms with van der Waals surface area (Å²) in [4.78, 5) is 13.5. The zero-order chi connectivity index (χ0) is 11.2. The lowest BCUT2D eigenvalue weighted by Crippen LogP contribution is -2.53. The van der Waals surface area contributed by atoms with Crippen molar-refractivity contribution in [3.05, 3.63) is 18.5 Å². The molecule has 1 saturated carbocycles. The average molecular weight is 218 g/mol. The van der Waals surface area contributed by atoms with Crippen molar-refractivity contribution in [3.63, 3.8) is 0 Å². The van der Waals surface area contributed by atoms with Gasteiger partial charge in [-0.1, -0.05) is 0 Å². The molecular formula is C12H18N4. The van der Waals surface area contributed by atoms with Gasteiger partial charge in [-0.3, -0.25) is 0 Å². The predicted molar refractivity (Wildman–Crippen MR) is 63.4 cm³/mol. The molecule has 1 aromatic rings. The first-order valence-corrected chi connectivity index (χ1v) is 5.89. The van der Waals surface area contributed by atoms with Crippen LogP contribution in [0.5, 0.6) is 0 Å². The topological polar surface area (TPSA) is 32.3 Å². The maximum Gasteiger partial charge on any atom is 0.225 e. The van der Waals surface area contributed by atoms with Crippen LogP contribution >= 0.6 is 0 Å². The second kappa shape index (κ2) is 3.42. The van der Waals surface area contributed by atoms with E-state index in [0.717, 1.165) is 25.0 Å². The molecule has 4 nitrogen and oxygen atoms in total. The van der Waals surface area contributed by atoms with Crippen molar-refractivity contribution in [1.82, 2.24) is 14.9 Å². The van der Waals surface area contributed by atoms with Crippen LogP contribution in [0.2, 0.25) is 0 Å². The summed E-state index contributed by atoms with van der Waals surface area (Å²) >= 11 is 0. The van der Waals surface area contributed by atoms with E-state index in [0.29, 0.717) is 5.54 Å². The highest BCUT2D eigenvalue weighted by Gasteiger charge is 2.56. The Bertz CT molecular complexity index is 370. The summed E-state index contributed by atoms with van der Waals surface area (Å²) in [7, 11) is 4.29. The van der Waals surface area contributed by atoms with Crippen molar-refractivity contribution in [3.8, 4) is 0 Å². The van der Waals surface area contributed by atoms with Crippen molar-refractivity contribution in [1.29, 1.82) is 0 Å². The molecular weight excluding hydrogens is 200 g/mol. The Kier molecular flexibility index (Phi) is 2.14. The largest absolute Gasteiger partial charge is 0.334 e. The second-order valence-corrected chi connectivity index (χ2v) is 5.40. The Morgan fingerprint density at radius 2 is 2.06 bits per heavy atom. The molecule has 3 fully saturated rings. The number of hydrogen-bond donors (Lipinski definition) is 0. The van der Waals surface area contributed by atoms with Gasteiger partial charge in [-0.05, 0) is 38.9 Å². The van der Waals surface area contributed by atoms with Gasteiger partial charge >= 0.3 is 0 Å². The molecule has 3 aliphatic rings. The molecule has 0 amide bonds. The van der Waals surface area contributed by atoms with E-state index < -0.39 is 0 Å². The molecule has 1 aromatic heterocycles. The second-order valence-electron chi connectivity index (χ2n) is 5.40. The average Bonchev–Trinajstić information content (AvgIpc) is 2.72. The minimum atomic E-state index is 0.315. The van der Waals surface area contributed by atoms with Crippen LogP contribution in [0, 0.1) is 5.92 Å². The van der Waals surface area contributed by atoms with E-state index in [1.807, 2.05) is 18.5 Å². The fourth-order valence-electron chi connectivity index (χ4n) is 3.34. The number of rotatable bonds is 3. The quantitative estimate of drug-likeness (QED) is 0.758. The fourth-order valence-corrected chi connectivity index (χ4v) is 3.34. The molecule has 0 unspecified atom stereocenters. The van der Waals surface area contributed by atoms with Gasteiger partial charge in [0.05, 0.1) is 5.54 Å². The number of likely N-dealkylation sites (N-methyl/N-ethyl adjacent to an activating group) is 1. The zero-order valence-corrected chi connectivity index (χ0v) is 9.93. The molecule has 3 heterocycles. The van der Waals surface area contributed by atoms with Crippen molar-refractivity contribution in [2.45, 2.75) is 18.4 Å². The molecule has 0 aromatic carbocycles. The predicted octanol–water partition coefficient (Wildman–Crippen LogP) is 1.01. The molecule has 16 heavy (non-hydrogen) atoms. The summed E-state index contributed by atoms with van der Waals surface area (Å²) in [6.07, 6.45) is 6.29. The van der Waals surface area contributed by atoms with Crippen LogP contribution in [0.1, 0.15) is 12.8 Å². The van der Waals surface area contributed by atoms with E-state index in [2.05, 4.69) is 33.9 Å². The van der Waals surface area contributed by atoms with E-state index in [1.165, 1.54) is 12.8 Å². The van der Waals surface area contributed by atoms with E-state index in [4.69, 9.17) is 0 Å². The molecule has 0 spiro atoms. The maximum atomic E-state index is 4.39. The molecule has 0 radical (unpaired) electrons. The first kappa shape index (κ1) is 10.0. The minimum Gasteiger partial charge on any atom is -0.334 e. The van der Waals surface area contributed by atoms with Gasteiger partial charge in [0.1, 0.15) is 0 Å². The van der Waals surface area contributed by atoms with E-state index >= 15 is 0 Å². The molecule has 4 rings (SSSR count). The summed E-state index contributed by atoms with van der Waals surface area (Å²) in [5.41, 5.74) is 0.315. The standard InChI is InChI=1S/C12H18N4/c1-15(2)9-12-6-10(7-12)8-16(12)11-13-4-3-5-14-11/h3-5,10H,6-9H2,1-2H3. The normalized spacial score (nSPS) is 31.9. The summed E-state index contributed by atoms with van der Waals surface area (Å²) in [6.45, 7) is 2.25. The molecule has 2 aliphatic heterocycles. The molecule has 1 aliphatic carbocycles. The third kappa shape index (κ3) is 1.40. The van der Waals surface area contributed by atoms with Crippen LogP contribution in [0.4, 0.5) is 5.95 Å². The highest BCUT2D eigenvalue weighted by atomic mass is 15.4. The van der Waals surface area contributed by atoms with Gasteiger partial charge in [0.15, 0.2) is 0 Å². The van der Waals surface area contributed by atoms with Gasteiger partial charge in [0, 0.05) is 25.5 Å². The Hall–Kier alpha value is -1.16. The van der Waals surface area contributed by atoms with Crippen LogP contribution in [0.15, 0.2) is 18.5 Å². The van der Waals surface area contributed by atoms with Gasteiger partial charge in [0.25, 0.3) is 0 Å². The molecule has 2 saturated heterocycles. The number of fused-ring (bicyclic) bond motifs is 1. The van der Waals surface area contributed by atoms with Crippen LogP contribution < -0.4 is 4.90 Å². The Morgan fingerprint density at radius 3 is 2.69 bits per heavy atom. The summed E-state index contributed by atoms with van der Waals surface area (Å²) in [5, 5.41) is 0. The lowest BCUT2D eigenvalue weighted by atomic mass is 9.73. The van der Waals surface area contributed by atoms with Gasteiger partial charge in [-0.25, -0.2) is 9.97 Å². The number of anilines is 1. The summed E-state index contributed by atoms with van der Waals surface area (Å²) < 4.78 is 0. The molecule has 0 N–H and O–H groups in total. The van der Waals surface area contributed by atoms with E-state index in [1.54, 1.807) is 0 Å². The third-order valence-corrected chi connectivity index (χ3v) is 3.75. The van der Waals surface area contributed by atoms with Crippen molar-refractivity contribution >= 4 is 5.95 Å². The van der Waals surface area contributed by atoms with Crippen LogP contribution in [0.25, 0.3) is 0 Å². The zero-order valence-electron chi connectivity index (χ0n) is 9.93. The third-order valence-electron chi connectivity index (χ3n) is 3.75. The van der Waals surface area contributed by atoms with Crippen molar-refractivity contribution in [2.75, 3.05) is 32.1 Å². The monoisotopic (exact) mass is 218 g/mol. The molecule has 0 atom stereocenters. The Balaban J connectivity index is 1.86. The van der Waals surface area contributed by atoms with Gasteiger partial charge in [-0.15, -0.1) is 0 Å². The molecule has 86 valence electrons. The Labute approximate surface area is 96.3 Å². The van der Waals surface area contributed by atoms with Crippen LogP contribution in [0.3, 0.4) is 0 Å². The summed E-state index contributed by atoms with van der Waals surface area (Å²) in [5.74, 6) is 1.77. The van der Waals surface area contributed by atoms with Gasteiger partial charge in [0.2, 0.25) is 5.95 Å². The van der Waals surface area contributed by atoms with Crippen molar-refractivity contribution in [2.24, 2.45) is 5.92 Å². The lowest BCUT2D eigenvalue weighted by molar-refractivity contribution is 0.183. The van der Waals surface area contributed by atoms with Crippen LogP contribution in [-0.2, 0) is 0 Å². The maximum absolute atomic E-state index is 4.39. The first-order chi connectivity index (χ1) is 7.70. The number of aromatic nitrogens is 2. The van der Waals surface area contributed by atoms with Gasteiger partial charge in [-0.2, -0.15) is 0 Å². The molecule has 4 heteroatoms. The van der Waals surface area contributed by atoms with E-state index in [-0.39, 0.29) is 0 Å². The SMILES string of the molecule is CN(C)CC12CC(CN1c1ncccn1)C2.